The van der Waals surface area contributed by atoms with E-state index in [1.165, 1.54) is 0 Å². The van der Waals surface area contributed by atoms with E-state index in [4.69, 9.17) is 9.68 Å². The monoisotopic (exact) mass is 164 g/mol. The predicted octanol–water partition coefficient (Wildman–Crippen LogP) is 1.63. The molecule has 0 saturated heterocycles. The molecule has 0 N–H and O–H groups in total. The summed E-state index contributed by atoms with van der Waals surface area (Å²) in [4.78, 5) is 2.09. The molecule has 0 radical (unpaired) electrons. The SMILES string of the molecule is CN(CCC#N)Cc1ccoc1. The first-order chi connectivity index (χ1) is 5.83. The van der Waals surface area contributed by atoms with Gasteiger partial charge in [0.25, 0.3) is 0 Å². The van der Waals surface area contributed by atoms with Crippen molar-refractivity contribution in [2.45, 2.75) is 13.0 Å². The largest absolute Gasteiger partial charge is 0.472 e. The van der Waals surface area contributed by atoms with Crippen LogP contribution >= 0.6 is 0 Å². The minimum atomic E-state index is 0.578. The molecule has 3 heteroatoms. The second kappa shape index (κ2) is 4.58. The van der Waals surface area contributed by atoms with Crippen molar-refractivity contribution in [3.63, 3.8) is 0 Å². The van der Waals surface area contributed by atoms with Crippen molar-refractivity contribution in [1.82, 2.24) is 4.90 Å². The van der Waals surface area contributed by atoms with Crippen molar-refractivity contribution in [2.24, 2.45) is 0 Å². The van der Waals surface area contributed by atoms with E-state index in [0.717, 1.165) is 18.7 Å². The smallest absolute Gasteiger partial charge is 0.0947 e. The van der Waals surface area contributed by atoms with Crippen molar-refractivity contribution < 1.29 is 4.42 Å². The van der Waals surface area contributed by atoms with Crippen LogP contribution in [-0.2, 0) is 6.54 Å². The van der Waals surface area contributed by atoms with Crippen LogP contribution in [0.15, 0.2) is 23.0 Å². The minimum absolute atomic E-state index is 0.578. The second-order valence-electron chi connectivity index (χ2n) is 2.78. The van der Waals surface area contributed by atoms with E-state index in [1.807, 2.05) is 13.1 Å². The van der Waals surface area contributed by atoms with Crippen LogP contribution in [0.4, 0.5) is 0 Å². The van der Waals surface area contributed by atoms with Crippen LogP contribution < -0.4 is 0 Å². The minimum Gasteiger partial charge on any atom is -0.472 e. The van der Waals surface area contributed by atoms with Gasteiger partial charge in [0.05, 0.1) is 18.6 Å². The fraction of sp³-hybridized carbons (Fsp3) is 0.444. The molecule has 0 bridgehead atoms. The molecule has 0 aliphatic carbocycles. The third kappa shape index (κ3) is 2.77. The fourth-order valence-corrected chi connectivity index (χ4v) is 1.01. The molecule has 64 valence electrons. The Labute approximate surface area is 72.2 Å². The third-order valence-corrected chi connectivity index (χ3v) is 1.64. The van der Waals surface area contributed by atoms with Crippen LogP contribution in [-0.4, -0.2) is 18.5 Å². The van der Waals surface area contributed by atoms with Crippen LogP contribution in [0.25, 0.3) is 0 Å². The fourth-order valence-electron chi connectivity index (χ4n) is 1.01. The molecule has 0 amide bonds. The highest BCUT2D eigenvalue weighted by Crippen LogP contribution is 2.03. The molecule has 1 rings (SSSR count). The van der Waals surface area contributed by atoms with Gasteiger partial charge in [-0.25, -0.2) is 0 Å². The van der Waals surface area contributed by atoms with E-state index >= 15 is 0 Å². The first-order valence-electron chi connectivity index (χ1n) is 3.89. The maximum Gasteiger partial charge on any atom is 0.0947 e. The molecular weight excluding hydrogens is 152 g/mol. The summed E-state index contributed by atoms with van der Waals surface area (Å²) in [6.45, 7) is 1.65. The Morgan fingerprint density at radius 2 is 2.50 bits per heavy atom. The summed E-state index contributed by atoms with van der Waals surface area (Å²) in [5, 5.41) is 8.35. The predicted molar refractivity (Wildman–Crippen MR) is 45.3 cm³/mol. The summed E-state index contributed by atoms with van der Waals surface area (Å²) in [6.07, 6.45) is 3.96. The summed E-state index contributed by atoms with van der Waals surface area (Å²) in [6, 6.07) is 4.05. The normalized spacial score (nSPS) is 10.1. The summed E-state index contributed by atoms with van der Waals surface area (Å²) >= 11 is 0. The Morgan fingerprint density at radius 3 is 3.08 bits per heavy atom. The highest BCUT2D eigenvalue weighted by atomic mass is 16.3. The Kier molecular flexibility index (Phi) is 3.36. The first-order valence-corrected chi connectivity index (χ1v) is 3.89. The number of hydrogen-bond donors (Lipinski definition) is 0. The van der Waals surface area contributed by atoms with Gasteiger partial charge in [-0.2, -0.15) is 5.26 Å². The van der Waals surface area contributed by atoms with Gasteiger partial charge in [0.1, 0.15) is 0 Å². The van der Waals surface area contributed by atoms with Crippen molar-refractivity contribution in [2.75, 3.05) is 13.6 Å². The van der Waals surface area contributed by atoms with Gasteiger partial charge in [-0.3, -0.25) is 0 Å². The van der Waals surface area contributed by atoms with Gasteiger partial charge in [-0.15, -0.1) is 0 Å². The van der Waals surface area contributed by atoms with Gasteiger partial charge in [0.2, 0.25) is 0 Å². The zero-order valence-electron chi connectivity index (χ0n) is 7.16. The number of hydrogen-bond acceptors (Lipinski definition) is 3. The van der Waals surface area contributed by atoms with E-state index in [9.17, 15) is 0 Å². The van der Waals surface area contributed by atoms with E-state index in [2.05, 4.69) is 11.0 Å². The van der Waals surface area contributed by atoms with Crippen molar-refractivity contribution in [3.8, 4) is 6.07 Å². The van der Waals surface area contributed by atoms with Crippen molar-refractivity contribution >= 4 is 0 Å². The van der Waals surface area contributed by atoms with Gasteiger partial charge < -0.3 is 9.32 Å². The summed E-state index contributed by atoms with van der Waals surface area (Å²) in [5.41, 5.74) is 1.15. The lowest BCUT2D eigenvalue weighted by Gasteiger charge is -2.12. The van der Waals surface area contributed by atoms with E-state index in [-0.39, 0.29) is 0 Å². The van der Waals surface area contributed by atoms with Gasteiger partial charge in [-0.05, 0) is 13.1 Å². The van der Waals surface area contributed by atoms with Gasteiger partial charge in [0, 0.05) is 25.1 Å². The van der Waals surface area contributed by atoms with Crippen LogP contribution in [0.1, 0.15) is 12.0 Å². The average molecular weight is 164 g/mol. The maximum atomic E-state index is 8.35. The maximum absolute atomic E-state index is 8.35. The summed E-state index contributed by atoms with van der Waals surface area (Å²) < 4.78 is 4.93. The molecule has 3 nitrogen and oxygen atoms in total. The molecule has 0 unspecified atom stereocenters. The molecule has 0 aliphatic heterocycles. The van der Waals surface area contributed by atoms with Crippen molar-refractivity contribution in [3.05, 3.63) is 24.2 Å². The quantitative estimate of drug-likeness (QED) is 0.679. The summed E-state index contributed by atoms with van der Waals surface area (Å²) in [7, 11) is 1.99. The molecule has 1 heterocycles. The first kappa shape index (κ1) is 8.82. The topological polar surface area (TPSA) is 40.2 Å². The molecular formula is C9H12N2O. The zero-order valence-corrected chi connectivity index (χ0v) is 7.16. The van der Waals surface area contributed by atoms with E-state index < -0.39 is 0 Å². The van der Waals surface area contributed by atoms with E-state index in [1.54, 1.807) is 12.5 Å². The number of nitriles is 1. The van der Waals surface area contributed by atoms with E-state index in [0.29, 0.717) is 6.42 Å². The number of nitrogens with zero attached hydrogens (tertiary/aromatic N) is 2. The number of furan rings is 1. The lowest BCUT2D eigenvalue weighted by Crippen LogP contribution is -2.18. The van der Waals surface area contributed by atoms with Gasteiger partial charge >= 0.3 is 0 Å². The van der Waals surface area contributed by atoms with Crippen LogP contribution in [0.5, 0.6) is 0 Å². The molecule has 0 aliphatic rings. The molecule has 0 fully saturated rings. The van der Waals surface area contributed by atoms with Gasteiger partial charge in [0.15, 0.2) is 0 Å². The molecule has 0 spiro atoms. The molecule has 1 aromatic heterocycles. The Morgan fingerprint density at radius 1 is 1.67 bits per heavy atom. The summed E-state index contributed by atoms with van der Waals surface area (Å²) in [5.74, 6) is 0. The lowest BCUT2D eigenvalue weighted by molar-refractivity contribution is 0.333. The Hall–Kier alpha value is -1.27. The van der Waals surface area contributed by atoms with Gasteiger partial charge in [-0.1, -0.05) is 0 Å². The Bertz CT molecular complexity index is 248. The van der Waals surface area contributed by atoms with Crippen molar-refractivity contribution in [1.29, 1.82) is 5.26 Å². The third-order valence-electron chi connectivity index (χ3n) is 1.64. The standard InChI is InChI=1S/C9H12N2O/c1-11(5-2-4-10)7-9-3-6-12-8-9/h3,6,8H,2,5,7H2,1H3. The highest BCUT2D eigenvalue weighted by Gasteiger charge is 1.99. The van der Waals surface area contributed by atoms with Crippen LogP contribution in [0.2, 0.25) is 0 Å². The lowest BCUT2D eigenvalue weighted by atomic mass is 10.3. The molecule has 0 atom stereocenters. The van der Waals surface area contributed by atoms with Crippen LogP contribution in [0.3, 0.4) is 0 Å². The highest BCUT2D eigenvalue weighted by molar-refractivity contribution is 5.04. The molecule has 12 heavy (non-hydrogen) atoms. The zero-order chi connectivity index (χ0) is 8.81. The Balaban J connectivity index is 2.28. The molecule has 1 aromatic rings. The molecule has 0 saturated carbocycles. The average Bonchev–Trinajstić information content (AvgIpc) is 2.53. The second-order valence-corrected chi connectivity index (χ2v) is 2.78. The molecule has 0 aromatic carbocycles. The van der Waals surface area contributed by atoms with Crippen LogP contribution in [0, 0.1) is 11.3 Å². The number of rotatable bonds is 4.